The first-order chi connectivity index (χ1) is 10.0. The molecule has 0 radical (unpaired) electrons. The third-order valence-corrected chi connectivity index (χ3v) is 2.94. The average Bonchev–Trinajstić information content (AvgIpc) is 2.46. The number of urea groups is 1. The van der Waals surface area contributed by atoms with Gasteiger partial charge in [-0.3, -0.25) is 0 Å². The number of benzene rings is 2. The van der Waals surface area contributed by atoms with Crippen LogP contribution in [-0.4, -0.2) is 24.2 Å². The SMILES string of the molecule is COc1ccc(-c2cccc(NC(N)=O)c2C(=O)O)cc1. The first kappa shape index (κ1) is 14.4. The molecular weight excluding hydrogens is 272 g/mol. The van der Waals surface area contributed by atoms with Crippen LogP contribution in [-0.2, 0) is 0 Å². The van der Waals surface area contributed by atoms with Gasteiger partial charge in [-0.25, -0.2) is 9.59 Å². The van der Waals surface area contributed by atoms with Crippen LogP contribution < -0.4 is 15.8 Å². The molecule has 21 heavy (non-hydrogen) atoms. The van der Waals surface area contributed by atoms with Gasteiger partial charge in [-0.05, 0) is 29.3 Å². The van der Waals surface area contributed by atoms with Crippen LogP contribution in [0.3, 0.4) is 0 Å². The van der Waals surface area contributed by atoms with Crippen LogP contribution in [0.1, 0.15) is 10.4 Å². The lowest BCUT2D eigenvalue weighted by Crippen LogP contribution is -2.21. The van der Waals surface area contributed by atoms with Gasteiger partial charge in [0.1, 0.15) is 5.75 Å². The second-order valence-electron chi connectivity index (χ2n) is 4.25. The maximum absolute atomic E-state index is 11.5. The van der Waals surface area contributed by atoms with Gasteiger partial charge in [-0.1, -0.05) is 24.3 Å². The Balaban J connectivity index is 2.56. The number of carbonyl (C=O) groups excluding carboxylic acids is 1. The molecule has 6 nitrogen and oxygen atoms in total. The minimum absolute atomic E-state index is 0.0125. The maximum Gasteiger partial charge on any atom is 0.338 e. The molecule has 0 saturated heterocycles. The molecule has 0 aliphatic heterocycles. The highest BCUT2D eigenvalue weighted by atomic mass is 16.5. The van der Waals surface area contributed by atoms with Gasteiger partial charge in [0.25, 0.3) is 0 Å². The summed E-state index contributed by atoms with van der Waals surface area (Å²) < 4.78 is 5.07. The predicted molar refractivity (Wildman–Crippen MR) is 78.6 cm³/mol. The zero-order valence-corrected chi connectivity index (χ0v) is 11.3. The van der Waals surface area contributed by atoms with E-state index in [1.807, 2.05) is 0 Å². The number of hydrogen-bond acceptors (Lipinski definition) is 3. The quantitative estimate of drug-likeness (QED) is 0.803. The number of carbonyl (C=O) groups is 2. The van der Waals surface area contributed by atoms with E-state index >= 15 is 0 Å². The molecule has 0 saturated carbocycles. The van der Waals surface area contributed by atoms with Crippen molar-refractivity contribution in [1.29, 1.82) is 0 Å². The van der Waals surface area contributed by atoms with Crippen molar-refractivity contribution in [2.45, 2.75) is 0 Å². The van der Waals surface area contributed by atoms with Crippen LogP contribution in [0.5, 0.6) is 5.75 Å². The average molecular weight is 286 g/mol. The van der Waals surface area contributed by atoms with Gasteiger partial charge in [0.05, 0.1) is 18.4 Å². The zero-order chi connectivity index (χ0) is 15.4. The van der Waals surface area contributed by atoms with Crippen molar-refractivity contribution in [2.75, 3.05) is 12.4 Å². The second-order valence-corrected chi connectivity index (χ2v) is 4.25. The Hall–Kier alpha value is -3.02. The molecule has 0 fully saturated rings. The molecule has 0 heterocycles. The summed E-state index contributed by atoms with van der Waals surface area (Å²) in [4.78, 5) is 22.5. The standard InChI is InChI=1S/C15H14N2O4/c1-21-10-7-5-9(6-8-10)11-3-2-4-12(17-15(16)20)13(11)14(18)19/h2-8H,1H3,(H,18,19)(H3,16,17,20). The molecule has 2 aromatic carbocycles. The number of anilines is 1. The van der Waals surface area contributed by atoms with Crippen LogP contribution in [0.15, 0.2) is 42.5 Å². The van der Waals surface area contributed by atoms with Gasteiger partial charge in [0, 0.05) is 0 Å². The predicted octanol–water partition coefficient (Wildman–Crippen LogP) is 2.55. The molecule has 2 amide bonds. The van der Waals surface area contributed by atoms with Crippen LogP contribution in [0, 0.1) is 0 Å². The minimum atomic E-state index is -1.15. The number of carboxylic acids is 1. The van der Waals surface area contributed by atoms with Crippen molar-refractivity contribution in [2.24, 2.45) is 5.73 Å². The Kier molecular flexibility index (Phi) is 4.08. The number of nitrogens with two attached hydrogens (primary N) is 1. The van der Waals surface area contributed by atoms with Gasteiger partial charge in [-0.15, -0.1) is 0 Å². The van der Waals surface area contributed by atoms with E-state index in [1.54, 1.807) is 43.5 Å². The molecule has 0 spiro atoms. The topological polar surface area (TPSA) is 102 Å². The number of aromatic carboxylic acids is 1. The molecule has 0 aliphatic carbocycles. The second kappa shape index (κ2) is 5.96. The van der Waals surface area contributed by atoms with Gasteiger partial charge in [-0.2, -0.15) is 0 Å². The fraction of sp³-hybridized carbons (Fsp3) is 0.0667. The van der Waals surface area contributed by atoms with E-state index in [1.165, 1.54) is 6.07 Å². The van der Waals surface area contributed by atoms with Crippen LogP contribution in [0.25, 0.3) is 11.1 Å². The molecule has 4 N–H and O–H groups in total. The lowest BCUT2D eigenvalue weighted by Gasteiger charge is -2.12. The van der Waals surface area contributed by atoms with Crippen molar-refractivity contribution < 1.29 is 19.4 Å². The molecule has 0 unspecified atom stereocenters. The van der Waals surface area contributed by atoms with Gasteiger partial charge < -0.3 is 20.9 Å². The maximum atomic E-state index is 11.5. The fourth-order valence-corrected chi connectivity index (χ4v) is 2.03. The van der Waals surface area contributed by atoms with E-state index in [0.717, 1.165) is 0 Å². The van der Waals surface area contributed by atoms with Crippen molar-refractivity contribution in [3.63, 3.8) is 0 Å². The lowest BCUT2D eigenvalue weighted by atomic mass is 9.98. The molecule has 2 rings (SSSR count). The van der Waals surface area contributed by atoms with E-state index < -0.39 is 12.0 Å². The van der Waals surface area contributed by atoms with Gasteiger partial charge in [0.2, 0.25) is 0 Å². The molecule has 6 heteroatoms. The van der Waals surface area contributed by atoms with E-state index in [4.69, 9.17) is 10.5 Å². The summed E-state index contributed by atoms with van der Waals surface area (Å²) in [6.07, 6.45) is 0. The summed E-state index contributed by atoms with van der Waals surface area (Å²) in [5, 5.41) is 11.7. The monoisotopic (exact) mass is 286 g/mol. The van der Waals surface area contributed by atoms with E-state index in [2.05, 4.69) is 5.32 Å². The Morgan fingerprint density at radius 2 is 1.81 bits per heavy atom. The van der Waals surface area contributed by atoms with Crippen LogP contribution in [0.2, 0.25) is 0 Å². The number of primary amides is 1. The number of methoxy groups -OCH3 is 1. The number of carboxylic acid groups (broad SMARTS) is 1. The summed E-state index contributed by atoms with van der Waals surface area (Å²) in [6, 6.07) is 10.9. The highest BCUT2D eigenvalue weighted by molar-refractivity contribution is 6.05. The minimum Gasteiger partial charge on any atom is -0.497 e. The van der Waals surface area contributed by atoms with E-state index in [9.17, 15) is 14.7 Å². The molecular formula is C15H14N2O4. The molecule has 2 aromatic rings. The molecule has 0 atom stereocenters. The Morgan fingerprint density at radius 3 is 2.33 bits per heavy atom. The van der Waals surface area contributed by atoms with Crippen molar-refractivity contribution >= 4 is 17.7 Å². The van der Waals surface area contributed by atoms with Crippen LogP contribution in [0.4, 0.5) is 10.5 Å². The molecule has 0 aliphatic rings. The smallest absolute Gasteiger partial charge is 0.338 e. The lowest BCUT2D eigenvalue weighted by molar-refractivity contribution is 0.0699. The highest BCUT2D eigenvalue weighted by Gasteiger charge is 2.17. The molecule has 0 bridgehead atoms. The number of ether oxygens (including phenoxy) is 1. The summed E-state index contributed by atoms with van der Waals surface area (Å²) in [7, 11) is 1.55. The van der Waals surface area contributed by atoms with Gasteiger partial charge in [0.15, 0.2) is 0 Å². The molecule has 108 valence electrons. The van der Waals surface area contributed by atoms with E-state index in [-0.39, 0.29) is 11.3 Å². The van der Waals surface area contributed by atoms with Gasteiger partial charge >= 0.3 is 12.0 Å². The molecule has 0 aromatic heterocycles. The largest absolute Gasteiger partial charge is 0.497 e. The number of rotatable bonds is 4. The Bertz CT molecular complexity index is 681. The first-order valence-corrected chi connectivity index (χ1v) is 6.10. The summed E-state index contributed by atoms with van der Waals surface area (Å²) >= 11 is 0. The Morgan fingerprint density at radius 1 is 1.14 bits per heavy atom. The number of hydrogen-bond donors (Lipinski definition) is 3. The highest BCUT2D eigenvalue weighted by Crippen LogP contribution is 2.30. The first-order valence-electron chi connectivity index (χ1n) is 6.10. The fourth-order valence-electron chi connectivity index (χ4n) is 2.03. The van der Waals surface area contributed by atoms with E-state index in [0.29, 0.717) is 16.9 Å². The summed E-state index contributed by atoms with van der Waals surface area (Å²) in [5.41, 5.74) is 6.38. The number of nitrogens with one attached hydrogen (secondary N) is 1. The van der Waals surface area contributed by atoms with Crippen molar-refractivity contribution in [3.05, 3.63) is 48.0 Å². The van der Waals surface area contributed by atoms with Crippen molar-refractivity contribution in [3.8, 4) is 16.9 Å². The summed E-state index contributed by atoms with van der Waals surface area (Å²) in [6.45, 7) is 0. The Labute approximate surface area is 121 Å². The normalized spacial score (nSPS) is 9.95. The summed E-state index contributed by atoms with van der Waals surface area (Å²) in [5.74, 6) is -0.479. The van der Waals surface area contributed by atoms with Crippen molar-refractivity contribution in [1.82, 2.24) is 0 Å². The zero-order valence-electron chi connectivity index (χ0n) is 11.3. The third-order valence-electron chi connectivity index (χ3n) is 2.94. The number of amides is 2. The third kappa shape index (κ3) is 3.11. The van der Waals surface area contributed by atoms with Crippen LogP contribution >= 0.6 is 0 Å².